The number of halogens is 1. The van der Waals surface area contributed by atoms with Crippen molar-refractivity contribution in [1.29, 1.82) is 0 Å². The molecular weight excluding hydrogens is 442 g/mol. The number of nitrogens with one attached hydrogen (secondary N) is 1. The summed E-state index contributed by atoms with van der Waals surface area (Å²) in [7, 11) is 1.64. The lowest BCUT2D eigenvalue weighted by Gasteiger charge is -2.26. The number of rotatable bonds is 5. The lowest BCUT2D eigenvalue weighted by molar-refractivity contribution is 0.415. The first-order chi connectivity index (χ1) is 14.5. The number of anilines is 1. The molecule has 30 heavy (non-hydrogen) atoms. The Labute approximate surface area is 183 Å². The average molecular weight is 466 g/mol. The van der Waals surface area contributed by atoms with Crippen LogP contribution in [-0.4, -0.2) is 30.2 Å². The molecule has 5 nitrogen and oxygen atoms in total. The maximum absolute atomic E-state index is 12.9. The third-order valence-corrected chi connectivity index (χ3v) is 6.09. The van der Waals surface area contributed by atoms with Gasteiger partial charge in [-0.3, -0.25) is 4.79 Å². The monoisotopic (exact) mass is 465 g/mol. The van der Waals surface area contributed by atoms with Crippen molar-refractivity contribution in [3.8, 4) is 17.0 Å². The van der Waals surface area contributed by atoms with Crippen molar-refractivity contribution in [2.45, 2.75) is 20.8 Å². The maximum Gasteiger partial charge on any atom is 0.253 e. The zero-order valence-corrected chi connectivity index (χ0v) is 19.1. The van der Waals surface area contributed by atoms with E-state index in [0.717, 1.165) is 62.1 Å². The van der Waals surface area contributed by atoms with Gasteiger partial charge in [-0.1, -0.05) is 28.1 Å². The number of methoxy groups -OCH3 is 1. The fourth-order valence-corrected chi connectivity index (χ4v) is 4.25. The molecule has 0 fully saturated rings. The summed E-state index contributed by atoms with van der Waals surface area (Å²) in [6.07, 6.45) is 0. The van der Waals surface area contributed by atoms with Crippen LogP contribution in [0.5, 0.6) is 5.75 Å². The Balaban J connectivity index is 2.24. The molecule has 4 rings (SSSR count). The molecule has 2 aromatic heterocycles. The number of fused-ring (bicyclic) bond motifs is 3. The van der Waals surface area contributed by atoms with E-state index in [1.54, 1.807) is 7.11 Å². The molecule has 0 saturated heterocycles. The third kappa shape index (κ3) is 3.35. The van der Waals surface area contributed by atoms with Gasteiger partial charge in [0.25, 0.3) is 5.56 Å². The topological polar surface area (TPSA) is 58.2 Å². The maximum atomic E-state index is 12.9. The molecule has 0 radical (unpaired) electrons. The first kappa shape index (κ1) is 20.4. The Morgan fingerprint density at radius 1 is 1.10 bits per heavy atom. The zero-order valence-electron chi connectivity index (χ0n) is 17.5. The molecule has 154 valence electrons. The van der Waals surface area contributed by atoms with E-state index in [1.807, 2.05) is 49.4 Å². The Morgan fingerprint density at radius 3 is 2.43 bits per heavy atom. The van der Waals surface area contributed by atoms with Crippen molar-refractivity contribution >= 4 is 43.4 Å². The summed E-state index contributed by atoms with van der Waals surface area (Å²) in [6, 6.07) is 13.9. The third-order valence-electron chi connectivity index (χ3n) is 5.56. The van der Waals surface area contributed by atoms with Crippen LogP contribution in [0.25, 0.3) is 33.1 Å². The predicted octanol–water partition coefficient (Wildman–Crippen LogP) is 5.67. The Bertz CT molecular complexity index is 1290. The number of pyridine rings is 2. The summed E-state index contributed by atoms with van der Waals surface area (Å²) in [5, 5.41) is 1.83. The second-order valence-electron chi connectivity index (χ2n) is 7.20. The Kier molecular flexibility index (Phi) is 5.52. The van der Waals surface area contributed by atoms with E-state index in [9.17, 15) is 4.79 Å². The van der Waals surface area contributed by atoms with E-state index in [1.165, 1.54) is 0 Å². The highest BCUT2D eigenvalue weighted by atomic mass is 79.9. The van der Waals surface area contributed by atoms with Gasteiger partial charge < -0.3 is 14.6 Å². The number of hydrogen-bond donors (Lipinski definition) is 1. The van der Waals surface area contributed by atoms with Gasteiger partial charge in [-0.2, -0.15) is 0 Å². The van der Waals surface area contributed by atoms with Gasteiger partial charge in [0, 0.05) is 39.5 Å². The molecule has 0 spiro atoms. The standard InChI is InChI=1S/C24H24BrN3O2/c1-5-28(6-2)23-14(3)24(29)27-22-18-13-17(30-4)11-12-19(18)26-21(20(22)23)15-7-9-16(25)10-8-15/h7-13H,5-6H2,1-4H3,(H,27,29). The van der Waals surface area contributed by atoms with Gasteiger partial charge >= 0.3 is 0 Å². The molecule has 6 heteroatoms. The van der Waals surface area contributed by atoms with Crippen LogP contribution < -0.4 is 15.2 Å². The van der Waals surface area contributed by atoms with E-state index in [2.05, 4.69) is 39.7 Å². The lowest BCUT2D eigenvalue weighted by Crippen LogP contribution is -2.26. The highest BCUT2D eigenvalue weighted by Crippen LogP contribution is 2.39. The average Bonchev–Trinajstić information content (AvgIpc) is 2.76. The molecule has 1 N–H and O–H groups in total. The normalized spacial score (nSPS) is 11.2. The number of nitrogens with zero attached hydrogens (tertiary/aromatic N) is 2. The highest BCUT2D eigenvalue weighted by Gasteiger charge is 2.21. The quantitative estimate of drug-likeness (QED) is 0.385. The molecule has 0 aliphatic heterocycles. The summed E-state index contributed by atoms with van der Waals surface area (Å²) in [5.74, 6) is 0.729. The minimum Gasteiger partial charge on any atom is -0.497 e. The minimum absolute atomic E-state index is 0.0820. The van der Waals surface area contributed by atoms with Crippen LogP contribution >= 0.6 is 15.9 Å². The van der Waals surface area contributed by atoms with Crippen LogP contribution in [0.4, 0.5) is 5.69 Å². The van der Waals surface area contributed by atoms with Gasteiger partial charge in [0.2, 0.25) is 0 Å². The predicted molar refractivity (Wildman–Crippen MR) is 128 cm³/mol. The lowest BCUT2D eigenvalue weighted by atomic mass is 9.99. The summed E-state index contributed by atoms with van der Waals surface area (Å²) >= 11 is 3.51. The van der Waals surface area contributed by atoms with Gasteiger partial charge in [-0.05, 0) is 51.1 Å². The number of H-pyrrole nitrogens is 1. The first-order valence-electron chi connectivity index (χ1n) is 10.0. The van der Waals surface area contributed by atoms with Gasteiger partial charge in [0.15, 0.2) is 0 Å². The fraction of sp³-hybridized carbons (Fsp3) is 0.250. The van der Waals surface area contributed by atoms with Crippen molar-refractivity contribution in [2.75, 3.05) is 25.1 Å². The van der Waals surface area contributed by atoms with Crippen molar-refractivity contribution in [3.63, 3.8) is 0 Å². The summed E-state index contributed by atoms with van der Waals surface area (Å²) in [6.45, 7) is 7.68. The Hall–Kier alpha value is -2.86. The van der Waals surface area contributed by atoms with Crippen LogP contribution in [0.2, 0.25) is 0 Å². The van der Waals surface area contributed by atoms with E-state index >= 15 is 0 Å². The van der Waals surface area contributed by atoms with E-state index < -0.39 is 0 Å². The summed E-state index contributed by atoms with van der Waals surface area (Å²) in [4.78, 5) is 23.3. The zero-order chi connectivity index (χ0) is 21.4. The number of aromatic amines is 1. The van der Waals surface area contributed by atoms with Crippen LogP contribution in [0, 0.1) is 6.92 Å². The molecule has 0 aliphatic rings. The SMILES string of the molecule is CCN(CC)c1c(C)c(=O)[nH]c2c1c(-c1ccc(Br)cc1)nc1ccc(OC)cc12. The van der Waals surface area contributed by atoms with Gasteiger partial charge in [0.05, 0.1) is 29.5 Å². The van der Waals surface area contributed by atoms with Crippen LogP contribution in [0.15, 0.2) is 51.7 Å². The van der Waals surface area contributed by atoms with E-state index in [4.69, 9.17) is 9.72 Å². The molecule has 0 unspecified atom stereocenters. The van der Waals surface area contributed by atoms with Crippen molar-refractivity contribution in [2.24, 2.45) is 0 Å². The number of aromatic nitrogens is 2. The number of hydrogen-bond acceptors (Lipinski definition) is 4. The minimum atomic E-state index is -0.0820. The van der Waals surface area contributed by atoms with Gasteiger partial charge in [-0.25, -0.2) is 4.98 Å². The summed E-state index contributed by atoms with van der Waals surface area (Å²) in [5.41, 5.74) is 5.02. The largest absolute Gasteiger partial charge is 0.497 e. The van der Waals surface area contributed by atoms with Gasteiger partial charge in [0.1, 0.15) is 5.75 Å². The van der Waals surface area contributed by atoms with Crippen LogP contribution in [0.3, 0.4) is 0 Å². The molecule has 0 amide bonds. The summed E-state index contributed by atoms with van der Waals surface area (Å²) < 4.78 is 6.45. The van der Waals surface area contributed by atoms with Crippen molar-refractivity contribution < 1.29 is 4.74 Å². The Morgan fingerprint density at radius 2 is 1.80 bits per heavy atom. The second-order valence-corrected chi connectivity index (χ2v) is 8.12. The number of benzene rings is 2. The molecule has 4 aromatic rings. The van der Waals surface area contributed by atoms with Crippen molar-refractivity contribution in [1.82, 2.24) is 9.97 Å². The van der Waals surface area contributed by atoms with E-state index in [-0.39, 0.29) is 5.56 Å². The van der Waals surface area contributed by atoms with Crippen molar-refractivity contribution in [3.05, 3.63) is 62.9 Å². The molecule has 0 bridgehead atoms. The van der Waals surface area contributed by atoms with Crippen LogP contribution in [0.1, 0.15) is 19.4 Å². The molecule has 2 heterocycles. The van der Waals surface area contributed by atoms with Gasteiger partial charge in [-0.15, -0.1) is 0 Å². The van der Waals surface area contributed by atoms with Crippen LogP contribution in [-0.2, 0) is 0 Å². The second kappa shape index (κ2) is 8.11. The highest BCUT2D eigenvalue weighted by molar-refractivity contribution is 9.10. The molecular formula is C24H24BrN3O2. The molecule has 2 aromatic carbocycles. The fourth-order valence-electron chi connectivity index (χ4n) is 3.98. The molecule has 0 aliphatic carbocycles. The molecule has 0 saturated carbocycles. The molecule has 0 atom stereocenters. The smallest absolute Gasteiger partial charge is 0.253 e. The first-order valence-corrected chi connectivity index (χ1v) is 10.8. The number of ether oxygens (including phenoxy) is 1. The van der Waals surface area contributed by atoms with E-state index in [0.29, 0.717) is 5.56 Å².